The van der Waals surface area contributed by atoms with Crippen LogP contribution in [0.15, 0.2) is 17.1 Å². The summed E-state index contributed by atoms with van der Waals surface area (Å²) in [7, 11) is 1.84. The minimum Gasteiger partial charge on any atom is -0.355 e. The molecular weight excluding hydrogens is 292 g/mol. The van der Waals surface area contributed by atoms with Crippen molar-refractivity contribution in [3.05, 3.63) is 21.9 Å². The van der Waals surface area contributed by atoms with Crippen molar-refractivity contribution in [2.45, 2.75) is 52.1 Å². The van der Waals surface area contributed by atoms with Gasteiger partial charge in [0.25, 0.3) is 0 Å². The van der Waals surface area contributed by atoms with E-state index < -0.39 is 0 Å². The van der Waals surface area contributed by atoms with Gasteiger partial charge in [0.05, 0.1) is 6.54 Å². The number of nitrogens with zero attached hydrogens (tertiary/aromatic N) is 2. The molecule has 1 fully saturated rings. The Balaban J connectivity index is 1.79. The standard InChI is InChI=1S/C17H30N4S/c1-14-8-9-15(22-14)12-19-16(18-4)20-13-17(2,3)21-10-6-5-7-11-21/h8-9H,5-7,10-13H2,1-4H3,(H2,18,19,20). The molecule has 4 nitrogen and oxygen atoms in total. The Hall–Kier alpha value is -1.07. The Morgan fingerprint density at radius 2 is 1.95 bits per heavy atom. The number of aryl methyl sites for hydroxylation is 1. The smallest absolute Gasteiger partial charge is 0.191 e. The number of guanidine groups is 1. The highest BCUT2D eigenvalue weighted by molar-refractivity contribution is 7.11. The number of aliphatic imine (C=N–C) groups is 1. The lowest BCUT2D eigenvalue weighted by atomic mass is 9.98. The van der Waals surface area contributed by atoms with Gasteiger partial charge in [0.15, 0.2) is 5.96 Å². The molecule has 0 saturated carbocycles. The lowest BCUT2D eigenvalue weighted by molar-refractivity contribution is 0.0982. The van der Waals surface area contributed by atoms with E-state index in [2.05, 4.69) is 53.4 Å². The second-order valence-corrected chi connectivity index (χ2v) is 8.02. The number of piperidine rings is 1. The fourth-order valence-electron chi connectivity index (χ4n) is 2.88. The molecule has 2 rings (SSSR count). The van der Waals surface area contributed by atoms with E-state index in [1.165, 1.54) is 42.1 Å². The molecule has 22 heavy (non-hydrogen) atoms. The van der Waals surface area contributed by atoms with Crippen LogP contribution in [-0.4, -0.2) is 43.1 Å². The third-order valence-corrected chi connectivity index (χ3v) is 5.35. The third kappa shape index (κ3) is 4.99. The summed E-state index contributed by atoms with van der Waals surface area (Å²) in [5, 5.41) is 6.89. The van der Waals surface area contributed by atoms with Gasteiger partial charge in [0.2, 0.25) is 0 Å². The molecule has 1 aliphatic rings. The van der Waals surface area contributed by atoms with Crippen LogP contribution in [0.1, 0.15) is 42.9 Å². The zero-order valence-electron chi connectivity index (χ0n) is 14.4. The van der Waals surface area contributed by atoms with Crippen molar-refractivity contribution in [1.29, 1.82) is 0 Å². The number of nitrogens with one attached hydrogen (secondary N) is 2. The number of hydrogen-bond donors (Lipinski definition) is 2. The largest absolute Gasteiger partial charge is 0.355 e. The van der Waals surface area contributed by atoms with Crippen LogP contribution >= 0.6 is 11.3 Å². The lowest BCUT2D eigenvalue weighted by Crippen LogP contribution is -2.54. The van der Waals surface area contributed by atoms with Gasteiger partial charge in [0, 0.05) is 28.9 Å². The lowest BCUT2D eigenvalue weighted by Gasteiger charge is -2.41. The SMILES string of the molecule is CN=C(NCc1ccc(C)s1)NCC(C)(C)N1CCCCC1. The maximum atomic E-state index is 4.34. The number of rotatable bonds is 5. The van der Waals surface area contributed by atoms with Crippen molar-refractivity contribution < 1.29 is 0 Å². The molecule has 1 aromatic heterocycles. The molecule has 2 N–H and O–H groups in total. The number of hydrogen-bond acceptors (Lipinski definition) is 3. The van der Waals surface area contributed by atoms with Crippen LogP contribution in [0.25, 0.3) is 0 Å². The minimum absolute atomic E-state index is 0.164. The summed E-state index contributed by atoms with van der Waals surface area (Å²) in [5.41, 5.74) is 0.164. The van der Waals surface area contributed by atoms with E-state index in [0.717, 1.165) is 19.0 Å². The van der Waals surface area contributed by atoms with Crippen molar-refractivity contribution >= 4 is 17.3 Å². The first-order chi connectivity index (χ1) is 10.5. The third-order valence-electron chi connectivity index (χ3n) is 4.35. The monoisotopic (exact) mass is 322 g/mol. The molecule has 0 atom stereocenters. The molecule has 2 heterocycles. The van der Waals surface area contributed by atoms with Gasteiger partial charge < -0.3 is 10.6 Å². The summed E-state index contributed by atoms with van der Waals surface area (Å²) in [6.07, 6.45) is 4.03. The molecule has 1 saturated heterocycles. The Morgan fingerprint density at radius 1 is 1.23 bits per heavy atom. The fourth-order valence-corrected chi connectivity index (χ4v) is 3.71. The van der Waals surface area contributed by atoms with Crippen molar-refractivity contribution in [3.8, 4) is 0 Å². The van der Waals surface area contributed by atoms with Crippen LogP contribution in [0, 0.1) is 6.92 Å². The highest BCUT2D eigenvalue weighted by Crippen LogP contribution is 2.19. The van der Waals surface area contributed by atoms with Gasteiger partial charge in [-0.15, -0.1) is 11.3 Å². The van der Waals surface area contributed by atoms with E-state index in [1.54, 1.807) is 0 Å². The molecule has 0 unspecified atom stereocenters. The topological polar surface area (TPSA) is 39.7 Å². The first kappa shape index (κ1) is 17.3. The summed E-state index contributed by atoms with van der Waals surface area (Å²) < 4.78 is 0. The number of thiophene rings is 1. The predicted octanol–water partition coefficient (Wildman–Crippen LogP) is 2.99. The molecule has 0 spiro atoms. The first-order valence-electron chi connectivity index (χ1n) is 8.26. The Labute approximate surface area is 139 Å². The van der Waals surface area contributed by atoms with E-state index in [9.17, 15) is 0 Å². The van der Waals surface area contributed by atoms with Crippen LogP contribution < -0.4 is 10.6 Å². The van der Waals surface area contributed by atoms with Crippen molar-refractivity contribution in [2.75, 3.05) is 26.7 Å². The highest BCUT2D eigenvalue weighted by atomic mass is 32.1. The van der Waals surface area contributed by atoms with Gasteiger partial charge in [-0.05, 0) is 58.8 Å². The highest BCUT2D eigenvalue weighted by Gasteiger charge is 2.27. The van der Waals surface area contributed by atoms with E-state index in [4.69, 9.17) is 0 Å². The van der Waals surface area contributed by atoms with Crippen LogP contribution in [0.4, 0.5) is 0 Å². The second kappa shape index (κ2) is 7.97. The Kier molecular flexibility index (Phi) is 6.26. The molecule has 0 amide bonds. The zero-order chi connectivity index (χ0) is 16.0. The molecule has 124 valence electrons. The van der Waals surface area contributed by atoms with Crippen LogP contribution in [0.2, 0.25) is 0 Å². The van der Waals surface area contributed by atoms with Crippen LogP contribution in [0.5, 0.6) is 0 Å². The van der Waals surface area contributed by atoms with E-state index in [0.29, 0.717) is 0 Å². The summed E-state index contributed by atoms with van der Waals surface area (Å²) in [5.74, 6) is 0.885. The Bertz CT molecular complexity index is 487. The second-order valence-electron chi connectivity index (χ2n) is 6.65. The zero-order valence-corrected chi connectivity index (χ0v) is 15.2. The van der Waals surface area contributed by atoms with E-state index in [1.807, 2.05) is 18.4 Å². The fraction of sp³-hybridized carbons (Fsp3) is 0.706. The van der Waals surface area contributed by atoms with Crippen LogP contribution in [0.3, 0.4) is 0 Å². The quantitative estimate of drug-likeness (QED) is 0.647. The van der Waals surface area contributed by atoms with Crippen molar-refractivity contribution in [1.82, 2.24) is 15.5 Å². The van der Waals surface area contributed by atoms with Gasteiger partial charge in [-0.3, -0.25) is 9.89 Å². The maximum absolute atomic E-state index is 4.34. The molecule has 0 aliphatic carbocycles. The minimum atomic E-state index is 0.164. The van der Waals surface area contributed by atoms with E-state index >= 15 is 0 Å². The summed E-state index contributed by atoms with van der Waals surface area (Å²) in [6.45, 7) is 11.0. The maximum Gasteiger partial charge on any atom is 0.191 e. The van der Waals surface area contributed by atoms with Crippen molar-refractivity contribution in [3.63, 3.8) is 0 Å². The normalized spacial score (nSPS) is 17.5. The summed E-state index contributed by atoms with van der Waals surface area (Å²) in [6, 6.07) is 4.34. The van der Waals surface area contributed by atoms with Crippen LogP contribution in [-0.2, 0) is 6.54 Å². The van der Waals surface area contributed by atoms with E-state index in [-0.39, 0.29) is 5.54 Å². The average Bonchev–Trinajstić information content (AvgIpc) is 2.94. The van der Waals surface area contributed by atoms with Gasteiger partial charge >= 0.3 is 0 Å². The van der Waals surface area contributed by atoms with Gasteiger partial charge in [-0.2, -0.15) is 0 Å². The number of likely N-dealkylation sites (tertiary alicyclic amines) is 1. The molecule has 0 radical (unpaired) electrons. The molecule has 5 heteroatoms. The van der Waals surface area contributed by atoms with Gasteiger partial charge in [0.1, 0.15) is 0 Å². The average molecular weight is 323 g/mol. The molecule has 1 aliphatic heterocycles. The van der Waals surface area contributed by atoms with Gasteiger partial charge in [-0.25, -0.2) is 0 Å². The molecule has 0 aromatic carbocycles. The Morgan fingerprint density at radius 3 is 2.55 bits per heavy atom. The summed E-state index contributed by atoms with van der Waals surface area (Å²) in [4.78, 5) is 9.63. The summed E-state index contributed by atoms with van der Waals surface area (Å²) >= 11 is 1.83. The predicted molar refractivity (Wildman–Crippen MR) is 96.8 cm³/mol. The first-order valence-corrected chi connectivity index (χ1v) is 9.08. The molecule has 1 aromatic rings. The van der Waals surface area contributed by atoms with Gasteiger partial charge in [-0.1, -0.05) is 6.42 Å². The van der Waals surface area contributed by atoms with Crippen molar-refractivity contribution in [2.24, 2.45) is 4.99 Å². The molecular formula is C17H30N4S. The molecule has 0 bridgehead atoms.